The minimum Gasteiger partial charge on any atom is -0.507 e. The Balaban J connectivity index is 2.40. The maximum absolute atomic E-state index is 9.90. The Morgan fingerprint density at radius 1 is 1.40 bits per heavy atom. The Morgan fingerprint density at radius 2 is 2.15 bits per heavy atom. The topological polar surface area (TPSA) is 68.4 Å². The fourth-order valence-corrected chi connectivity index (χ4v) is 2.36. The number of hydrogen-bond acceptors (Lipinski definition) is 5. The Hall–Kier alpha value is -1.15. The van der Waals surface area contributed by atoms with Crippen molar-refractivity contribution in [1.29, 1.82) is 0 Å². The lowest BCUT2D eigenvalue weighted by Gasteiger charge is -2.23. The first-order valence-electron chi connectivity index (χ1n) is 6.47. The predicted molar refractivity (Wildman–Crippen MR) is 83.4 cm³/mol. The van der Waals surface area contributed by atoms with Gasteiger partial charge < -0.3 is 14.4 Å². The van der Waals surface area contributed by atoms with Crippen molar-refractivity contribution in [2.45, 2.75) is 32.8 Å². The molecule has 0 bridgehead atoms. The van der Waals surface area contributed by atoms with E-state index in [-0.39, 0.29) is 5.75 Å². The molecule has 1 heterocycles. The first kappa shape index (κ1) is 15.2. The highest BCUT2D eigenvalue weighted by Gasteiger charge is 2.31. The first-order chi connectivity index (χ1) is 9.50. The Morgan fingerprint density at radius 3 is 2.80 bits per heavy atom. The number of aromatic nitrogens is 2. The SMILES string of the molecule is CCOC(C)(CC)c1noc(-c2cc(I)ccc2O)n1. The molecule has 0 fully saturated rings. The molecule has 1 atom stereocenters. The van der Waals surface area contributed by atoms with Crippen molar-refractivity contribution in [3.8, 4) is 17.2 Å². The maximum Gasteiger partial charge on any atom is 0.261 e. The van der Waals surface area contributed by atoms with Crippen LogP contribution in [0.4, 0.5) is 0 Å². The average Bonchev–Trinajstić information content (AvgIpc) is 2.92. The predicted octanol–water partition coefficient (Wildman–Crippen LogP) is 3.71. The van der Waals surface area contributed by atoms with Crippen molar-refractivity contribution in [2.24, 2.45) is 0 Å². The van der Waals surface area contributed by atoms with Gasteiger partial charge in [-0.3, -0.25) is 0 Å². The van der Waals surface area contributed by atoms with Gasteiger partial charge in [-0.05, 0) is 61.1 Å². The second-order valence-corrected chi connectivity index (χ2v) is 5.85. The molecule has 1 N–H and O–H groups in total. The number of phenols is 1. The van der Waals surface area contributed by atoms with E-state index in [0.717, 1.165) is 9.99 Å². The summed E-state index contributed by atoms with van der Waals surface area (Å²) in [5.41, 5.74) is -0.0424. The fourth-order valence-electron chi connectivity index (χ4n) is 1.87. The van der Waals surface area contributed by atoms with Gasteiger partial charge in [-0.2, -0.15) is 4.98 Å². The lowest BCUT2D eigenvalue weighted by molar-refractivity contribution is -0.0403. The van der Waals surface area contributed by atoms with Gasteiger partial charge in [-0.15, -0.1) is 0 Å². The van der Waals surface area contributed by atoms with Gasteiger partial charge >= 0.3 is 0 Å². The van der Waals surface area contributed by atoms with Crippen LogP contribution in [0.2, 0.25) is 0 Å². The highest BCUT2D eigenvalue weighted by Crippen LogP contribution is 2.32. The smallest absolute Gasteiger partial charge is 0.261 e. The summed E-state index contributed by atoms with van der Waals surface area (Å²) < 4.78 is 12.0. The van der Waals surface area contributed by atoms with E-state index < -0.39 is 5.60 Å². The minimum absolute atomic E-state index is 0.121. The van der Waals surface area contributed by atoms with Gasteiger partial charge in [-0.25, -0.2) is 0 Å². The molecule has 0 radical (unpaired) electrons. The summed E-state index contributed by atoms with van der Waals surface area (Å²) in [6.07, 6.45) is 0.734. The number of halogens is 1. The number of rotatable bonds is 5. The molecule has 108 valence electrons. The summed E-state index contributed by atoms with van der Waals surface area (Å²) >= 11 is 2.17. The maximum atomic E-state index is 9.90. The largest absolute Gasteiger partial charge is 0.507 e. The summed E-state index contributed by atoms with van der Waals surface area (Å²) in [5, 5.41) is 13.9. The highest BCUT2D eigenvalue weighted by atomic mass is 127. The van der Waals surface area contributed by atoms with Crippen LogP contribution in [0.15, 0.2) is 22.7 Å². The molecule has 2 rings (SSSR count). The lowest BCUT2D eigenvalue weighted by Crippen LogP contribution is -2.26. The van der Waals surface area contributed by atoms with Crippen LogP contribution in [-0.4, -0.2) is 21.9 Å². The number of nitrogens with zero attached hydrogens (tertiary/aromatic N) is 2. The summed E-state index contributed by atoms with van der Waals surface area (Å²) in [5.74, 6) is 0.917. The molecule has 1 aromatic carbocycles. The first-order valence-corrected chi connectivity index (χ1v) is 7.55. The fraction of sp³-hybridized carbons (Fsp3) is 0.429. The Bertz CT molecular complexity index is 600. The molecule has 1 unspecified atom stereocenters. The van der Waals surface area contributed by atoms with Crippen LogP contribution in [-0.2, 0) is 10.3 Å². The molecular weight excluding hydrogens is 371 g/mol. The number of aromatic hydroxyl groups is 1. The molecule has 5 nitrogen and oxygen atoms in total. The quantitative estimate of drug-likeness (QED) is 0.791. The third kappa shape index (κ3) is 2.95. The van der Waals surface area contributed by atoms with Gasteiger partial charge in [0.05, 0.1) is 5.56 Å². The zero-order valence-electron chi connectivity index (χ0n) is 11.7. The third-order valence-electron chi connectivity index (χ3n) is 3.23. The highest BCUT2D eigenvalue weighted by molar-refractivity contribution is 14.1. The second-order valence-electron chi connectivity index (χ2n) is 4.60. The van der Waals surface area contributed by atoms with E-state index in [9.17, 15) is 5.11 Å². The van der Waals surface area contributed by atoms with E-state index in [1.807, 2.05) is 26.8 Å². The van der Waals surface area contributed by atoms with Crippen molar-refractivity contribution in [3.05, 3.63) is 27.6 Å². The summed E-state index contributed by atoms with van der Waals surface area (Å²) in [7, 11) is 0. The van der Waals surface area contributed by atoms with Gasteiger partial charge in [0.1, 0.15) is 11.4 Å². The zero-order chi connectivity index (χ0) is 14.8. The molecule has 6 heteroatoms. The molecule has 0 saturated carbocycles. The Kier molecular flexibility index (Phi) is 4.64. The summed E-state index contributed by atoms with van der Waals surface area (Å²) in [6, 6.07) is 5.23. The van der Waals surface area contributed by atoms with Crippen molar-refractivity contribution in [3.63, 3.8) is 0 Å². The molecule has 0 aliphatic carbocycles. The van der Waals surface area contributed by atoms with E-state index in [1.54, 1.807) is 12.1 Å². The summed E-state index contributed by atoms with van der Waals surface area (Å²) in [6.45, 7) is 6.44. The molecule has 0 saturated heterocycles. The Labute approximate surface area is 131 Å². The zero-order valence-corrected chi connectivity index (χ0v) is 13.8. The van der Waals surface area contributed by atoms with Gasteiger partial charge in [0, 0.05) is 10.2 Å². The number of phenolic OH excluding ortho intramolecular Hbond substituents is 1. The molecule has 20 heavy (non-hydrogen) atoms. The number of ether oxygens (including phenoxy) is 1. The van der Waals surface area contributed by atoms with Crippen LogP contribution < -0.4 is 0 Å². The third-order valence-corrected chi connectivity index (χ3v) is 3.90. The van der Waals surface area contributed by atoms with Crippen LogP contribution in [0, 0.1) is 3.57 Å². The molecule has 0 amide bonds. The number of hydrogen-bond donors (Lipinski definition) is 1. The van der Waals surface area contributed by atoms with E-state index in [4.69, 9.17) is 9.26 Å². The minimum atomic E-state index is -0.575. The van der Waals surface area contributed by atoms with Gasteiger partial charge in [0.25, 0.3) is 5.89 Å². The van der Waals surface area contributed by atoms with Crippen LogP contribution in [0.5, 0.6) is 5.75 Å². The van der Waals surface area contributed by atoms with Crippen molar-refractivity contribution in [2.75, 3.05) is 6.61 Å². The monoisotopic (exact) mass is 388 g/mol. The molecular formula is C14H17IN2O3. The normalized spacial score (nSPS) is 14.2. The van der Waals surface area contributed by atoms with Gasteiger partial charge in [0.2, 0.25) is 5.82 Å². The van der Waals surface area contributed by atoms with Crippen molar-refractivity contribution < 1.29 is 14.4 Å². The van der Waals surface area contributed by atoms with E-state index >= 15 is 0 Å². The van der Waals surface area contributed by atoms with Crippen LogP contribution in [0.3, 0.4) is 0 Å². The van der Waals surface area contributed by atoms with Crippen LogP contribution >= 0.6 is 22.6 Å². The van der Waals surface area contributed by atoms with Crippen LogP contribution in [0.1, 0.15) is 33.0 Å². The van der Waals surface area contributed by atoms with E-state index in [2.05, 4.69) is 32.7 Å². The molecule has 0 spiro atoms. The van der Waals surface area contributed by atoms with E-state index in [0.29, 0.717) is 23.9 Å². The second kappa shape index (κ2) is 6.09. The van der Waals surface area contributed by atoms with E-state index in [1.165, 1.54) is 0 Å². The average molecular weight is 388 g/mol. The van der Waals surface area contributed by atoms with Gasteiger partial charge in [0.15, 0.2) is 0 Å². The molecule has 1 aromatic heterocycles. The summed E-state index contributed by atoms with van der Waals surface area (Å²) in [4.78, 5) is 4.38. The van der Waals surface area contributed by atoms with Crippen molar-refractivity contribution >= 4 is 22.6 Å². The van der Waals surface area contributed by atoms with Crippen molar-refractivity contribution in [1.82, 2.24) is 10.1 Å². The van der Waals surface area contributed by atoms with Crippen LogP contribution in [0.25, 0.3) is 11.5 Å². The lowest BCUT2D eigenvalue weighted by atomic mass is 10.0. The van der Waals surface area contributed by atoms with Gasteiger partial charge in [-0.1, -0.05) is 12.1 Å². The molecule has 0 aliphatic rings. The number of benzene rings is 1. The standard InChI is InChI=1S/C14H17IN2O3/c1-4-14(3,19-5-2)13-16-12(20-17-13)10-8-9(15)6-7-11(10)18/h6-8,18H,4-5H2,1-3H3. The molecule has 2 aromatic rings. The molecule has 0 aliphatic heterocycles.